The Hall–Kier alpha value is -0.870. The summed E-state index contributed by atoms with van der Waals surface area (Å²) in [6, 6.07) is 2.25. The molecule has 0 aromatic carbocycles. The fourth-order valence-corrected chi connectivity index (χ4v) is 2.82. The molecule has 1 aliphatic rings. The van der Waals surface area contributed by atoms with Crippen LogP contribution in [0.25, 0.3) is 0 Å². The molecule has 2 N–H and O–H groups in total. The molecule has 0 amide bonds. The second kappa shape index (κ2) is 5.85. The van der Waals surface area contributed by atoms with Crippen molar-refractivity contribution in [3.05, 3.63) is 18.0 Å². The van der Waals surface area contributed by atoms with Crippen LogP contribution in [-0.4, -0.2) is 27.0 Å². The first-order valence-corrected chi connectivity index (χ1v) is 7.04. The molecule has 4 heteroatoms. The number of nitrogens with one attached hydrogen (secondary N) is 1. The van der Waals surface area contributed by atoms with Gasteiger partial charge in [0.05, 0.1) is 11.3 Å². The van der Waals surface area contributed by atoms with Crippen molar-refractivity contribution in [1.29, 1.82) is 0 Å². The third-order valence-electron chi connectivity index (χ3n) is 4.07. The highest BCUT2D eigenvalue weighted by Crippen LogP contribution is 2.27. The molecule has 4 nitrogen and oxygen atoms in total. The van der Waals surface area contributed by atoms with Gasteiger partial charge in [0.1, 0.15) is 0 Å². The van der Waals surface area contributed by atoms with Gasteiger partial charge in [-0.15, -0.1) is 0 Å². The van der Waals surface area contributed by atoms with Crippen molar-refractivity contribution in [2.45, 2.75) is 57.1 Å². The second-order valence-corrected chi connectivity index (χ2v) is 5.62. The lowest BCUT2D eigenvalue weighted by molar-refractivity contribution is 0.0229. The van der Waals surface area contributed by atoms with Gasteiger partial charge in [-0.05, 0) is 25.8 Å². The first-order valence-electron chi connectivity index (χ1n) is 7.04. The Morgan fingerprint density at radius 2 is 2.06 bits per heavy atom. The summed E-state index contributed by atoms with van der Waals surface area (Å²) < 4.78 is 1.88. The quantitative estimate of drug-likeness (QED) is 0.806. The molecule has 1 atom stereocenters. The minimum absolute atomic E-state index is 0.227. The van der Waals surface area contributed by atoms with Crippen molar-refractivity contribution in [2.24, 2.45) is 7.05 Å². The average Bonchev–Trinajstić information content (AvgIpc) is 2.65. The van der Waals surface area contributed by atoms with Crippen molar-refractivity contribution in [3.8, 4) is 0 Å². The van der Waals surface area contributed by atoms with Crippen LogP contribution in [0.15, 0.2) is 12.3 Å². The van der Waals surface area contributed by atoms with Gasteiger partial charge in [-0.3, -0.25) is 4.68 Å². The van der Waals surface area contributed by atoms with E-state index in [1.165, 1.54) is 12.8 Å². The van der Waals surface area contributed by atoms with E-state index in [-0.39, 0.29) is 6.04 Å². The van der Waals surface area contributed by atoms with Crippen LogP contribution in [0.3, 0.4) is 0 Å². The molecule has 1 heterocycles. The van der Waals surface area contributed by atoms with E-state index in [4.69, 9.17) is 0 Å². The minimum Gasteiger partial charge on any atom is -0.389 e. The summed E-state index contributed by atoms with van der Waals surface area (Å²) in [5.41, 5.74) is 0.649. The molecule has 0 bridgehead atoms. The maximum Gasteiger partial charge on any atom is 0.0771 e. The Morgan fingerprint density at radius 1 is 1.39 bits per heavy atom. The van der Waals surface area contributed by atoms with Crippen molar-refractivity contribution >= 4 is 0 Å². The zero-order valence-electron chi connectivity index (χ0n) is 11.5. The molecule has 1 unspecified atom stereocenters. The smallest absolute Gasteiger partial charge is 0.0771 e. The molecule has 1 fully saturated rings. The van der Waals surface area contributed by atoms with Crippen LogP contribution in [0.4, 0.5) is 0 Å². The number of nitrogens with zero attached hydrogens (tertiary/aromatic N) is 2. The van der Waals surface area contributed by atoms with E-state index in [1.54, 1.807) is 0 Å². The molecule has 1 saturated carbocycles. The summed E-state index contributed by atoms with van der Waals surface area (Å²) in [7, 11) is 1.95. The molecule has 0 aliphatic heterocycles. The largest absolute Gasteiger partial charge is 0.389 e. The van der Waals surface area contributed by atoms with Crippen LogP contribution in [0.2, 0.25) is 0 Å². The van der Waals surface area contributed by atoms with E-state index in [0.717, 1.165) is 31.4 Å². The predicted octanol–water partition coefficient (Wildman–Crippen LogP) is 2.16. The molecule has 0 saturated heterocycles. The van der Waals surface area contributed by atoms with E-state index in [1.807, 2.05) is 24.0 Å². The van der Waals surface area contributed by atoms with Crippen molar-refractivity contribution in [2.75, 3.05) is 6.54 Å². The number of aliphatic hydroxyl groups is 1. The second-order valence-electron chi connectivity index (χ2n) is 5.62. The zero-order chi connectivity index (χ0) is 13.0. The number of rotatable bonds is 4. The van der Waals surface area contributed by atoms with Gasteiger partial charge in [-0.2, -0.15) is 5.10 Å². The van der Waals surface area contributed by atoms with Crippen LogP contribution in [0.5, 0.6) is 0 Å². The molecule has 18 heavy (non-hydrogen) atoms. The zero-order valence-corrected chi connectivity index (χ0v) is 11.5. The summed E-state index contributed by atoms with van der Waals surface area (Å²) >= 11 is 0. The standard InChI is InChI=1S/C14H25N3O/c1-12(13-7-10-16-17(13)2)15-11-14(18)8-5-3-4-6-9-14/h7,10,12,15,18H,3-6,8-9,11H2,1-2H3. The third-order valence-corrected chi connectivity index (χ3v) is 4.07. The van der Waals surface area contributed by atoms with Gasteiger partial charge in [0.2, 0.25) is 0 Å². The molecule has 1 aliphatic carbocycles. The van der Waals surface area contributed by atoms with Crippen LogP contribution in [0.1, 0.15) is 57.2 Å². The summed E-state index contributed by atoms with van der Waals surface area (Å²) in [4.78, 5) is 0. The van der Waals surface area contributed by atoms with Crippen molar-refractivity contribution in [1.82, 2.24) is 15.1 Å². The molecule has 2 rings (SSSR count). The Kier molecular flexibility index (Phi) is 4.40. The van der Waals surface area contributed by atoms with Crippen LogP contribution in [-0.2, 0) is 7.05 Å². The van der Waals surface area contributed by atoms with Gasteiger partial charge in [0.25, 0.3) is 0 Å². The fraction of sp³-hybridized carbons (Fsp3) is 0.786. The molecule has 1 aromatic heterocycles. The molecule has 1 aromatic rings. The summed E-state index contributed by atoms with van der Waals surface area (Å²) in [6.45, 7) is 2.80. The highest BCUT2D eigenvalue weighted by molar-refractivity contribution is 5.05. The number of hydrogen-bond donors (Lipinski definition) is 2. The SMILES string of the molecule is CC(NCC1(O)CCCCCC1)c1ccnn1C. The third kappa shape index (κ3) is 3.33. The average molecular weight is 251 g/mol. The van der Waals surface area contributed by atoms with Crippen LogP contribution < -0.4 is 5.32 Å². The summed E-state index contributed by atoms with van der Waals surface area (Å²) in [6.07, 6.45) is 8.50. The molecule has 0 spiro atoms. The first-order chi connectivity index (χ1) is 8.61. The minimum atomic E-state index is -0.511. The number of aromatic nitrogens is 2. The van der Waals surface area contributed by atoms with Crippen LogP contribution in [0, 0.1) is 0 Å². The van der Waals surface area contributed by atoms with Gasteiger partial charge in [0, 0.05) is 25.8 Å². The molecule has 0 radical (unpaired) electrons. The Morgan fingerprint density at radius 3 is 2.61 bits per heavy atom. The first kappa shape index (κ1) is 13.6. The Bertz CT molecular complexity index is 367. The van der Waals surface area contributed by atoms with E-state index < -0.39 is 5.60 Å². The van der Waals surface area contributed by atoms with Crippen molar-refractivity contribution in [3.63, 3.8) is 0 Å². The fourth-order valence-electron chi connectivity index (χ4n) is 2.82. The normalized spacial score (nSPS) is 21.5. The number of aryl methyl sites for hydroxylation is 1. The lowest BCUT2D eigenvalue weighted by Crippen LogP contribution is -2.41. The van der Waals surface area contributed by atoms with Gasteiger partial charge < -0.3 is 10.4 Å². The topological polar surface area (TPSA) is 50.1 Å². The van der Waals surface area contributed by atoms with E-state index >= 15 is 0 Å². The van der Waals surface area contributed by atoms with E-state index in [2.05, 4.69) is 17.3 Å². The monoisotopic (exact) mass is 251 g/mol. The summed E-state index contributed by atoms with van der Waals surface area (Å²) in [5, 5.41) is 18.2. The molecule has 102 valence electrons. The highest BCUT2D eigenvalue weighted by atomic mass is 16.3. The van der Waals surface area contributed by atoms with Gasteiger partial charge in [0.15, 0.2) is 0 Å². The van der Waals surface area contributed by atoms with E-state index in [0.29, 0.717) is 6.54 Å². The molecular weight excluding hydrogens is 226 g/mol. The van der Waals surface area contributed by atoms with E-state index in [9.17, 15) is 5.11 Å². The Balaban J connectivity index is 1.88. The van der Waals surface area contributed by atoms with Gasteiger partial charge in [-0.1, -0.05) is 25.7 Å². The van der Waals surface area contributed by atoms with Gasteiger partial charge in [-0.25, -0.2) is 0 Å². The lowest BCUT2D eigenvalue weighted by atomic mass is 9.94. The number of hydrogen-bond acceptors (Lipinski definition) is 3. The highest BCUT2D eigenvalue weighted by Gasteiger charge is 2.28. The van der Waals surface area contributed by atoms with Crippen LogP contribution >= 0.6 is 0 Å². The Labute approximate surface area is 109 Å². The summed E-state index contributed by atoms with van der Waals surface area (Å²) in [5.74, 6) is 0. The lowest BCUT2D eigenvalue weighted by Gasteiger charge is -2.28. The van der Waals surface area contributed by atoms with Gasteiger partial charge >= 0.3 is 0 Å². The van der Waals surface area contributed by atoms with Crippen molar-refractivity contribution < 1.29 is 5.11 Å². The molecular formula is C14H25N3O. The maximum atomic E-state index is 10.6. The maximum absolute atomic E-state index is 10.6. The predicted molar refractivity (Wildman–Crippen MR) is 72.3 cm³/mol.